The predicted octanol–water partition coefficient (Wildman–Crippen LogP) is 4.81. The lowest BCUT2D eigenvalue weighted by atomic mass is 10.1. The van der Waals surface area contributed by atoms with Gasteiger partial charge >= 0.3 is 5.97 Å². The maximum Gasteiger partial charge on any atom is 0.310 e. The highest BCUT2D eigenvalue weighted by molar-refractivity contribution is 5.72. The summed E-state index contributed by atoms with van der Waals surface area (Å²) in [6, 6.07) is 9.88. The van der Waals surface area contributed by atoms with Crippen LogP contribution in [0.2, 0.25) is 0 Å². The third-order valence-electron chi connectivity index (χ3n) is 4.04. The fourth-order valence-corrected chi connectivity index (χ4v) is 2.39. The quantitative estimate of drug-likeness (QED) is 0.587. The maximum atomic E-state index is 11.6. The van der Waals surface area contributed by atoms with Crippen LogP contribution in [0.1, 0.15) is 41.2 Å². The Balaban J connectivity index is 2.23. The number of hydrogen-bond acceptors (Lipinski definition) is 3. The molecule has 2 aromatic carbocycles. The van der Waals surface area contributed by atoms with Crippen molar-refractivity contribution in [2.75, 3.05) is 0 Å². The van der Waals surface area contributed by atoms with E-state index in [1.807, 2.05) is 32.0 Å². The van der Waals surface area contributed by atoms with Crippen molar-refractivity contribution in [2.24, 2.45) is 0 Å². The van der Waals surface area contributed by atoms with Crippen LogP contribution in [0, 0.1) is 27.7 Å². The zero-order chi connectivity index (χ0) is 17.0. The lowest BCUT2D eigenvalue weighted by molar-refractivity contribution is -0.134. The smallest absolute Gasteiger partial charge is 0.310 e. The molecule has 3 heteroatoms. The van der Waals surface area contributed by atoms with Gasteiger partial charge < -0.3 is 9.47 Å². The first-order valence-corrected chi connectivity index (χ1v) is 7.92. The minimum absolute atomic E-state index is 0.237. The van der Waals surface area contributed by atoms with Gasteiger partial charge in [0.05, 0.1) is 0 Å². The Bertz CT molecular complexity index is 717. The van der Waals surface area contributed by atoms with Crippen LogP contribution in [-0.4, -0.2) is 5.97 Å². The van der Waals surface area contributed by atoms with E-state index in [1.165, 1.54) is 11.1 Å². The minimum Gasteiger partial charge on any atom is -0.488 e. The van der Waals surface area contributed by atoms with Crippen LogP contribution >= 0.6 is 0 Å². The first-order valence-electron chi connectivity index (χ1n) is 7.92. The Morgan fingerprint density at radius 3 is 2.30 bits per heavy atom. The van der Waals surface area contributed by atoms with E-state index >= 15 is 0 Å². The molecular formula is C20H24O3. The van der Waals surface area contributed by atoms with Gasteiger partial charge in [0.1, 0.15) is 18.1 Å². The molecule has 0 radical (unpaired) electrons. The monoisotopic (exact) mass is 312 g/mol. The third-order valence-corrected chi connectivity index (χ3v) is 4.04. The van der Waals surface area contributed by atoms with Gasteiger partial charge in [0, 0.05) is 12.0 Å². The van der Waals surface area contributed by atoms with Crippen molar-refractivity contribution >= 4 is 5.97 Å². The van der Waals surface area contributed by atoms with E-state index in [1.54, 1.807) is 6.92 Å². The van der Waals surface area contributed by atoms with Crippen LogP contribution in [0.5, 0.6) is 11.5 Å². The number of benzene rings is 2. The van der Waals surface area contributed by atoms with E-state index in [2.05, 4.69) is 26.0 Å². The van der Waals surface area contributed by atoms with Crippen LogP contribution in [0.4, 0.5) is 0 Å². The topological polar surface area (TPSA) is 35.5 Å². The lowest BCUT2D eigenvalue weighted by Crippen LogP contribution is -2.09. The summed E-state index contributed by atoms with van der Waals surface area (Å²) in [6.07, 6.45) is 0.352. The molecule has 0 unspecified atom stereocenters. The summed E-state index contributed by atoms with van der Waals surface area (Å²) in [6.45, 7) is 10.4. The van der Waals surface area contributed by atoms with Gasteiger partial charge in [0.2, 0.25) is 0 Å². The summed E-state index contributed by atoms with van der Waals surface area (Å²) in [5.41, 5.74) is 5.52. The van der Waals surface area contributed by atoms with E-state index in [-0.39, 0.29) is 5.97 Å². The summed E-state index contributed by atoms with van der Waals surface area (Å²) in [5, 5.41) is 0. The van der Waals surface area contributed by atoms with Crippen LogP contribution in [0.3, 0.4) is 0 Å². The van der Waals surface area contributed by atoms with Gasteiger partial charge in [0.15, 0.2) is 0 Å². The highest BCUT2D eigenvalue weighted by Crippen LogP contribution is 2.27. The van der Waals surface area contributed by atoms with Crippen LogP contribution < -0.4 is 9.47 Å². The molecule has 0 bridgehead atoms. The SMILES string of the molecule is CCC(=O)Oc1cccc(C)c1COc1cc(C)c(C)cc1C. The molecule has 0 saturated carbocycles. The van der Waals surface area contributed by atoms with E-state index < -0.39 is 0 Å². The number of hydrogen-bond donors (Lipinski definition) is 0. The Morgan fingerprint density at radius 1 is 0.913 bits per heavy atom. The molecule has 0 spiro atoms. The normalized spacial score (nSPS) is 10.5. The minimum atomic E-state index is -0.237. The Morgan fingerprint density at radius 2 is 1.61 bits per heavy atom. The number of esters is 1. The predicted molar refractivity (Wildman–Crippen MR) is 92.1 cm³/mol. The first-order chi connectivity index (χ1) is 10.9. The second-order valence-corrected chi connectivity index (χ2v) is 5.87. The van der Waals surface area contributed by atoms with E-state index in [9.17, 15) is 4.79 Å². The van der Waals surface area contributed by atoms with Gasteiger partial charge in [-0.1, -0.05) is 25.1 Å². The van der Waals surface area contributed by atoms with E-state index in [4.69, 9.17) is 9.47 Å². The van der Waals surface area contributed by atoms with Gasteiger partial charge in [-0.25, -0.2) is 0 Å². The van der Waals surface area contributed by atoms with Gasteiger partial charge in [-0.3, -0.25) is 4.79 Å². The summed E-state index contributed by atoms with van der Waals surface area (Å²) in [7, 11) is 0. The second kappa shape index (κ2) is 7.32. The molecule has 3 nitrogen and oxygen atoms in total. The molecule has 0 N–H and O–H groups in total. The van der Waals surface area contributed by atoms with E-state index in [0.717, 1.165) is 22.4 Å². The second-order valence-electron chi connectivity index (χ2n) is 5.87. The number of ether oxygens (including phenoxy) is 2. The van der Waals surface area contributed by atoms with Crippen molar-refractivity contribution in [3.05, 3.63) is 58.1 Å². The van der Waals surface area contributed by atoms with Gasteiger partial charge in [0.25, 0.3) is 0 Å². The van der Waals surface area contributed by atoms with Crippen molar-refractivity contribution in [3.8, 4) is 11.5 Å². The average molecular weight is 312 g/mol. The molecule has 0 aliphatic heterocycles. The van der Waals surface area contributed by atoms with Crippen molar-refractivity contribution in [1.82, 2.24) is 0 Å². The Labute approximate surface area is 138 Å². The number of aryl methyl sites for hydroxylation is 4. The first kappa shape index (κ1) is 17.1. The van der Waals surface area contributed by atoms with Crippen molar-refractivity contribution in [2.45, 2.75) is 47.6 Å². The molecule has 23 heavy (non-hydrogen) atoms. The zero-order valence-corrected chi connectivity index (χ0v) is 14.5. The number of carbonyl (C=O) groups excluding carboxylic acids is 1. The standard InChI is InChI=1S/C20H24O3/c1-6-20(21)23-18-9-7-8-13(2)17(18)12-22-19-11-15(4)14(3)10-16(19)5/h7-11H,6,12H2,1-5H3. The van der Waals surface area contributed by atoms with Crippen LogP contribution in [-0.2, 0) is 11.4 Å². The van der Waals surface area contributed by atoms with Crippen LogP contribution in [0.15, 0.2) is 30.3 Å². The van der Waals surface area contributed by atoms with Gasteiger partial charge in [-0.2, -0.15) is 0 Å². The molecule has 0 aliphatic carbocycles. The molecule has 0 amide bonds. The van der Waals surface area contributed by atoms with Crippen molar-refractivity contribution in [1.29, 1.82) is 0 Å². The van der Waals surface area contributed by atoms with Crippen LogP contribution in [0.25, 0.3) is 0 Å². The molecule has 2 aromatic rings. The molecule has 2 rings (SSSR count). The third kappa shape index (κ3) is 4.13. The zero-order valence-electron chi connectivity index (χ0n) is 14.5. The molecule has 0 aliphatic rings. The Hall–Kier alpha value is -2.29. The average Bonchev–Trinajstić information content (AvgIpc) is 2.51. The highest BCUT2D eigenvalue weighted by atomic mass is 16.5. The molecule has 0 heterocycles. The van der Waals surface area contributed by atoms with Gasteiger partial charge in [-0.05, 0) is 62.1 Å². The summed E-state index contributed by atoms with van der Waals surface area (Å²) >= 11 is 0. The van der Waals surface area contributed by atoms with Crippen molar-refractivity contribution < 1.29 is 14.3 Å². The Kier molecular flexibility index (Phi) is 5.43. The summed E-state index contributed by atoms with van der Waals surface area (Å²) in [5.74, 6) is 1.21. The summed E-state index contributed by atoms with van der Waals surface area (Å²) < 4.78 is 11.4. The molecule has 0 fully saturated rings. The highest BCUT2D eigenvalue weighted by Gasteiger charge is 2.12. The van der Waals surface area contributed by atoms with Gasteiger partial charge in [-0.15, -0.1) is 0 Å². The fourth-order valence-electron chi connectivity index (χ4n) is 2.39. The fraction of sp³-hybridized carbons (Fsp3) is 0.350. The number of carbonyl (C=O) groups is 1. The molecule has 0 atom stereocenters. The molecule has 122 valence electrons. The molecule has 0 aromatic heterocycles. The van der Waals surface area contributed by atoms with Crippen molar-refractivity contribution in [3.63, 3.8) is 0 Å². The van der Waals surface area contributed by atoms with E-state index in [0.29, 0.717) is 18.8 Å². The molecular weight excluding hydrogens is 288 g/mol. The largest absolute Gasteiger partial charge is 0.488 e. The number of rotatable bonds is 5. The maximum absolute atomic E-state index is 11.6. The molecule has 0 saturated heterocycles. The summed E-state index contributed by atoms with van der Waals surface area (Å²) in [4.78, 5) is 11.6. The lowest BCUT2D eigenvalue weighted by Gasteiger charge is -2.15.